The predicted octanol–water partition coefficient (Wildman–Crippen LogP) is 3.19. The molecule has 0 unspecified atom stereocenters. The molecule has 0 bridgehead atoms. The highest BCUT2D eigenvalue weighted by molar-refractivity contribution is 5.86. The summed E-state index contributed by atoms with van der Waals surface area (Å²) >= 11 is 0. The Hall–Kier alpha value is -2.40. The fraction of sp³-hybridized carbons (Fsp3) is 0.125. The van der Waals surface area contributed by atoms with Gasteiger partial charge in [-0.05, 0) is 12.1 Å². The summed E-state index contributed by atoms with van der Waals surface area (Å²) in [5.41, 5.74) is 4.68. The van der Waals surface area contributed by atoms with Crippen molar-refractivity contribution in [2.24, 2.45) is 0 Å². The van der Waals surface area contributed by atoms with Crippen LogP contribution in [-0.2, 0) is 0 Å². The SMILES string of the molecule is C1#CCNc2ccccc2-c2ccccc2NC1. The minimum absolute atomic E-state index is 0.681. The summed E-state index contributed by atoms with van der Waals surface area (Å²) in [6.45, 7) is 1.36. The molecule has 2 aromatic rings. The highest BCUT2D eigenvalue weighted by atomic mass is 14.9. The second-order valence-corrected chi connectivity index (χ2v) is 4.15. The summed E-state index contributed by atoms with van der Waals surface area (Å²) in [4.78, 5) is 0. The molecule has 0 saturated heterocycles. The minimum atomic E-state index is 0.681. The van der Waals surface area contributed by atoms with Crippen LogP contribution in [0.15, 0.2) is 48.5 Å². The van der Waals surface area contributed by atoms with Gasteiger partial charge in [0.2, 0.25) is 0 Å². The fourth-order valence-corrected chi connectivity index (χ4v) is 2.15. The van der Waals surface area contributed by atoms with Gasteiger partial charge in [-0.15, -0.1) is 0 Å². The third kappa shape index (κ3) is 2.03. The second-order valence-electron chi connectivity index (χ2n) is 4.15. The summed E-state index contributed by atoms with van der Waals surface area (Å²) in [6, 6.07) is 16.7. The van der Waals surface area contributed by atoms with Gasteiger partial charge in [-0.3, -0.25) is 0 Å². The van der Waals surface area contributed by atoms with Gasteiger partial charge in [0.15, 0.2) is 0 Å². The molecule has 2 aromatic carbocycles. The second kappa shape index (κ2) is 4.85. The molecule has 0 radical (unpaired) electrons. The Kier molecular flexibility index (Phi) is 2.89. The van der Waals surface area contributed by atoms with E-state index in [1.165, 1.54) is 11.1 Å². The number of hydrogen-bond acceptors (Lipinski definition) is 2. The van der Waals surface area contributed by atoms with Gasteiger partial charge >= 0.3 is 0 Å². The van der Waals surface area contributed by atoms with Crippen molar-refractivity contribution in [3.8, 4) is 23.0 Å². The van der Waals surface area contributed by atoms with Crippen LogP contribution in [0.2, 0.25) is 0 Å². The number of hydrogen-bond donors (Lipinski definition) is 2. The molecule has 0 amide bonds. The number of nitrogens with one attached hydrogen (secondary N) is 2. The van der Waals surface area contributed by atoms with Crippen molar-refractivity contribution in [2.45, 2.75) is 0 Å². The van der Waals surface area contributed by atoms with E-state index < -0.39 is 0 Å². The Balaban J connectivity index is 2.17. The summed E-state index contributed by atoms with van der Waals surface area (Å²) < 4.78 is 0. The largest absolute Gasteiger partial charge is 0.374 e. The average molecular weight is 234 g/mol. The molecule has 88 valence electrons. The van der Waals surface area contributed by atoms with Gasteiger partial charge < -0.3 is 10.6 Å². The van der Waals surface area contributed by atoms with Crippen molar-refractivity contribution in [1.29, 1.82) is 0 Å². The zero-order chi connectivity index (χ0) is 12.2. The van der Waals surface area contributed by atoms with E-state index >= 15 is 0 Å². The van der Waals surface area contributed by atoms with Gasteiger partial charge in [0.25, 0.3) is 0 Å². The maximum Gasteiger partial charge on any atom is 0.0766 e. The van der Waals surface area contributed by atoms with Crippen molar-refractivity contribution in [3.05, 3.63) is 48.5 Å². The van der Waals surface area contributed by atoms with Gasteiger partial charge in [-0.1, -0.05) is 48.2 Å². The fourth-order valence-electron chi connectivity index (χ4n) is 2.15. The van der Waals surface area contributed by atoms with Crippen molar-refractivity contribution < 1.29 is 0 Å². The number of anilines is 2. The minimum Gasteiger partial charge on any atom is -0.374 e. The maximum absolute atomic E-state index is 3.37. The molecule has 2 heteroatoms. The number of benzene rings is 2. The highest BCUT2D eigenvalue weighted by Gasteiger charge is 2.08. The Labute approximate surface area is 107 Å². The van der Waals surface area contributed by atoms with Crippen LogP contribution < -0.4 is 10.6 Å². The molecule has 1 heterocycles. The summed E-state index contributed by atoms with van der Waals surface area (Å²) in [5, 5.41) is 6.74. The van der Waals surface area contributed by atoms with E-state index in [9.17, 15) is 0 Å². The first kappa shape index (κ1) is 10.7. The van der Waals surface area contributed by atoms with Crippen molar-refractivity contribution in [1.82, 2.24) is 0 Å². The molecule has 0 atom stereocenters. The predicted molar refractivity (Wildman–Crippen MR) is 76.6 cm³/mol. The number of fused-ring (bicyclic) bond motifs is 3. The molecule has 0 saturated carbocycles. The van der Waals surface area contributed by atoms with Crippen LogP contribution in [0.5, 0.6) is 0 Å². The normalized spacial score (nSPS) is 12.9. The molecule has 1 aliphatic heterocycles. The van der Waals surface area contributed by atoms with Crippen LogP contribution in [-0.4, -0.2) is 13.1 Å². The van der Waals surface area contributed by atoms with Crippen LogP contribution in [0, 0.1) is 11.8 Å². The summed E-state index contributed by atoms with van der Waals surface area (Å²) in [7, 11) is 0. The number of rotatable bonds is 0. The zero-order valence-corrected chi connectivity index (χ0v) is 10.0. The lowest BCUT2D eigenvalue weighted by Crippen LogP contribution is -2.06. The van der Waals surface area contributed by atoms with E-state index in [2.05, 4.69) is 58.9 Å². The highest BCUT2D eigenvalue weighted by Crippen LogP contribution is 2.33. The van der Waals surface area contributed by atoms with E-state index in [-0.39, 0.29) is 0 Å². The summed E-state index contributed by atoms with van der Waals surface area (Å²) in [6.07, 6.45) is 0. The van der Waals surface area contributed by atoms with Crippen LogP contribution in [0.1, 0.15) is 0 Å². The van der Waals surface area contributed by atoms with Crippen LogP contribution in [0.3, 0.4) is 0 Å². The Bertz CT molecular complexity index is 567. The maximum atomic E-state index is 3.37. The molecular weight excluding hydrogens is 220 g/mol. The smallest absolute Gasteiger partial charge is 0.0766 e. The lowest BCUT2D eigenvalue weighted by molar-refractivity contribution is 1.33. The molecule has 1 aliphatic rings. The van der Waals surface area contributed by atoms with E-state index in [1.54, 1.807) is 0 Å². The van der Waals surface area contributed by atoms with Gasteiger partial charge in [-0.25, -0.2) is 0 Å². The molecule has 0 fully saturated rings. The topological polar surface area (TPSA) is 24.1 Å². The van der Waals surface area contributed by atoms with Gasteiger partial charge in [0, 0.05) is 22.5 Å². The van der Waals surface area contributed by atoms with E-state index in [4.69, 9.17) is 0 Å². The van der Waals surface area contributed by atoms with Crippen LogP contribution >= 0.6 is 0 Å². The molecule has 3 rings (SSSR count). The Morgan fingerprint density at radius 1 is 0.667 bits per heavy atom. The van der Waals surface area contributed by atoms with Crippen LogP contribution in [0.4, 0.5) is 11.4 Å². The molecular formula is C16H14N2. The first-order valence-corrected chi connectivity index (χ1v) is 6.07. The van der Waals surface area contributed by atoms with Gasteiger partial charge in [0.05, 0.1) is 13.1 Å². The van der Waals surface area contributed by atoms with Crippen molar-refractivity contribution >= 4 is 11.4 Å². The lowest BCUT2D eigenvalue weighted by Gasteiger charge is -2.15. The zero-order valence-electron chi connectivity index (χ0n) is 10.0. The van der Waals surface area contributed by atoms with E-state index in [0.717, 1.165) is 11.4 Å². The first-order chi connectivity index (χ1) is 8.95. The monoisotopic (exact) mass is 234 g/mol. The van der Waals surface area contributed by atoms with Gasteiger partial charge in [0.1, 0.15) is 0 Å². The Morgan fingerprint density at radius 2 is 1.11 bits per heavy atom. The molecule has 0 spiro atoms. The average Bonchev–Trinajstić information content (AvgIpc) is 2.44. The Morgan fingerprint density at radius 3 is 1.61 bits per heavy atom. The molecule has 2 N–H and O–H groups in total. The van der Waals surface area contributed by atoms with E-state index in [0.29, 0.717) is 13.1 Å². The first-order valence-electron chi connectivity index (χ1n) is 6.07. The van der Waals surface area contributed by atoms with Crippen molar-refractivity contribution in [2.75, 3.05) is 23.7 Å². The van der Waals surface area contributed by atoms with E-state index in [1.807, 2.05) is 12.1 Å². The molecule has 0 aliphatic carbocycles. The van der Waals surface area contributed by atoms with Crippen molar-refractivity contribution in [3.63, 3.8) is 0 Å². The third-order valence-electron chi connectivity index (χ3n) is 3.00. The molecule has 18 heavy (non-hydrogen) atoms. The standard InChI is InChI=1S/C16H14N2/c1-3-9-15-13(7-1)14-8-2-4-10-16(14)18-12-6-5-11-17-15/h1-4,7-10,17-18H,11-12H2. The third-order valence-corrected chi connectivity index (χ3v) is 3.00. The molecule has 2 nitrogen and oxygen atoms in total. The van der Waals surface area contributed by atoms with Crippen LogP contribution in [0.25, 0.3) is 11.1 Å². The summed E-state index contributed by atoms with van der Waals surface area (Å²) in [5.74, 6) is 6.21. The lowest BCUT2D eigenvalue weighted by atomic mass is 10.0. The van der Waals surface area contributed by atoms with Gasteiger partial charge in [-0.2, -0.15) is 0 Å². The molecule has 0 aromatic heterocycles. The quantitative estimate of drug-likeness (QED) is 0.684. The number of para-hydroxylation sites is 2.